The summed E-state index contributed by atoms with van der Waals surface area (Å²) >= 11 is 0. The average molecular weight is 277 g/mol. The van der Waals surface area contributed by atoms with Gasteiger partial charge in [-0.15, -0.1) is 0 Å². The first-order valence-electron chi connectivity index (χ1n) is 7.21. The van der Waals surface area contributed by atoms with Gasteiger partial charge >= 0.3 is 0 Å². The molecule has 0 radical (unpaired) electrons. The van der Waals surface area contributed by atoms with Gasteiger partial charge in [0.2, 0.25) is 0 Å². The highest BCUT2D eigenvalue weighted by Gasteiger charge is 2.16. The molecule has 1 aromatic rings. The van der Waals surface area contributed by atoms with E-state index in [1.807, 2.05) is 17.0 Å². The third-order valence-electron chi connectivity index (χ3n) is 3.82. The minimum atomic E-state index is 0.0567. The van der Waals surface area contributed by atoms with Crippen molar-refractivity contribution in [3.8, 4) is 0 Å². The second-order valence-corrected chi connectivity index (χ2v) is 5.25. The number of fused-ring (bicyclic) bond motifs is 1. The highest BCUT2D eigenvalue weighted by atomic mass is 16.5. The lowest BCUT2D eigenvalue weighted by Gasteiger charge is -2.20. The van der Waals surface area contributed by atoms with Crippen molar-refractivity contribution in [2.45, 2.75) is 19.3 Å². The highest BCUT2D eigenvalue weighted by Crippen LogP contribution is 2.23. The zero-order chi connectivity index (χ0) is 14.4. The number of carbonyl (C=O) groups excluding carboxylic acids is 1. The number of carbonyl (C=O) groups is 1. The van der Waals surface area contributed by atoms with Gasteiger partial charge in [0.1, 0.15) is 0 Å². The van der Waals surface area contributed by atoms with Crippen molar-refractivity contribution in [3.63, 3.8) is 0 Å². The molecular formula is C16H23NO3. The molecule has 0 spiro atoms. The smallest absolute Gasteiger partial charge is 0.176 e. The Morgan fingerprint density at radius 1 is 1.30 bits per heavy atom. The molecule has 1 aromatic carbocycles. The zero-order valence-corrected chi connectivity index (χ0v) is 12.1. The third-order valence-corrected chi connectivity index (χ3v) is 3.82. The number of rotatable bonds is 8. The number of aliphatic hydroxyl groups excluding tert-OH is 1. The molecule has 0 amide bonds. The maximum atomic E-state index is 12.3. The molecule has 0 unspecified atom stereocenters. The van der Waals surface area contributed by atoms with Crippen LogP contribution < -0.4 is 0 Å². The van der Waals surface area contributed by atoms with Gasteiger partial charge in [0.05, 0.1) is 19.8 Å². The molecule has 1 N–H and O–H groups in total. The Kier molecular flexibility index (Phi) is 5.71. The standard InChI is InChI=1S/C16H23NO3/c1-20-10-8-17(7-9-18)12-16(19)15-6-5-13-3-2-4-14(13)11-15/h5-6,11,18H,2-4,7-10,12H2,1H3. The van der Waals surface area contributed by atoms with E-state index < -0.39 is 0 Å². The van der Waals surface area contributed by atoms with Crippen molar-refractivity contribution in [3.05, 3.63) is 34.9 Å². The molecule has 2 rings (SSSR count). The lowest BCUT2D eigenvalue weighted by atomic mass is 10.0. The first-order valence-corrected chi connectivity index (χ1v) is 7.21. The van der Waals surface area contributed by atoms with Crippen LogP contribution in [0.25, 0.3) is 0 Å². The molecule has 0 heterocycles. The Bertz CT molecular complexity index is 459. The lowest BCUT2D eigenvalue weighted by molar-refractivity contribution is 0.0868. The summed E-state index contributed by atoms with van der Waals surface area (Å²) in [5, 5.41) is 9.05. The molecule has 0 aliphatic heterocycles. The van der Waals surface area contributed by atoms with E-state index >= 15 is 0 Å². The van der Waals surface area contributed by atoms with Crippen LogP contribution in [-0.4, -0.2) is 55.7 Å². The lowest BCUT2D eigenvalue weighted by Crippen LogP contribution is -2.35. The zero-order valence-electron chi connectivity index (χ0n) is 12.1. The fourth-order valence-electron chi connectivity index (χ4n) is 2.67. The number of hydrogen-bond acceptors (Lipinski definition) is 4. The second-order valence-electron chi connectivity index (χ2n) is 5.25. The maximum Gasteiger partial charge on any atom is 0.176 e. The normalized spacial score (nSPS) is 13.8. The Morgan fingerprint density at radius 3 is 2.85 bits per heavy atom. The molecule has 0 saturated carbocycles. The number of Topliss-reactive ketones (excluding diaryl/α,β-unsaturated/α-hetero) is 1. The van der Waals surface area contributed by atoms with Crippen molar-refractivity contribution in [1.29, 1.82) is 0 Å². The monoisotopic (exact) mass is 277 g/mol. The van der Waals surface area contributed by atoms with Gasteiger partial charge in [0, 0.05) is 25.8 Å². The largest absolute Gasteiger partial charge is 0.395 e. The van der Waals surface area contributed by atoms with Crippen LogP contribution in [0.3, 0.4) is 0 Å². The van der Waals surface area contributed by atoms with Gasteiger partial charge in [-0.3, -0.25) is 9.69 Å². The molecule has 20 heavy (non-hydrogen) atoms. The number of ether oxygens (including phenoxy) is 1. The SMILES string of the molecule is COCCN(CCO)CC(=O)c1ccc2c(c1)CCC2. The summed E-state index contributed by atoms with van der Waals surface area (Å²) in [5.41, 5.74) is 3.49. The Labute approximate surface area is 120 Å². The van der Waals surface area contributed by atoms with Gasteiger partial charge < -0.3 is 9.84 Å². The van der Waals surface area contributed by atoms with E-state index in [0.29, 0.717) is 26.2 Å². The highest BCUT2D eigenvalue weighted by molar-refractivity contribution is 5.97. The van der Waals surface area contributed by atoms with Gasteiger partial charge in [-0.2, -0.15) is 0 Å². The molecule has 1 aliphatic carbocycles. The number of benzene rings is 1. The summed E-state index contributed by atoms with van der Waals surface area (Å²) in [6.07, 6.45) is 3.41. The Morgan fingerprint density at radius 2 is 2.10 bits per heavy atom. The molecule has 0 bridgehead atoms. The van der Waals surface area contributed by atoms with E-state index in [9.17, 15) is 4.79 Å². The predicted molar refractivity (Wildman–Crippen MR) is 78.2 cm³/mol. The first-order chi connectivity index (χ1) is 9.74. The third kappa shape index (κ3) is 3.88. The van der Waals surface area contributed by atoms with E-state index in [2.05, 4.69) is 6.07 Å². The molecule has 1 aliphatic rings. The molecule has 110 valence electrons. The summed E-state index contributed by atoms with van der Waals surface area (Å²) < 4.78 is 5.03. The van der Waals surface area contributed by atoms with E-state index in [0.717, 1.165) is 18.4 Å². The quantitative estimate of drug-likeness (QED) is 0.728. The van der Waals surface area contributed by atoms with Crippen LogP contribution in [0.2, 0.25) is 0 Å². The maximum absolute atomic E-state index is 12.3. The van der Waals surface area contributed by atoms with Crippen LogP contribution >= 0.6 is 0 Å². The molecule has 4 nitrogen and oxygen atoms in total. The number of aliphatic hydroxyl groups is 1. The Hall–Kier alpha value is -1.23. The van der Waals surface area contributed by atoms with Crippen LogP contribution in [0.1, 0.15) is 27.9 Å². The van der Waals surface area contributed by atoms with Crippen molar-refractivity contribution in [1.82, 2.24) is 4.90 Å². The predicted octanol–water partition coefficient (Wildman–Crippen LogP) is 1.30. The molecular weight excluding hydrogens is 254 g/mol. The molecule has 4 heteroatoms. The van der Waals surface area contributed by atoms with Gasteiger partial charge in [-0.1, -0.05) is 12.1 Å². The Balaban J connectivity index is 1.98. The van der Waals surface area contributed by atoms with E-state index in [1.165, 1.54) is 17.5 Å². The molecule has 0 atom stereocenters. The number of aryl methyl sites for hydroxylation is 2. The summed E-state index contributed by atoms with van der Waals surface area (Å²) in [5.74, 6) is 0.115. The summed E-state index contributed by atoms with van der Waals surface area (Å²) in [6.45, 7) is 2.12. The summed E-state index contributed by atoms with van der Waals surface area (Å²) in [6, 6.07) is 6.05. The van der Waals surface area contributed by atoms with Crippen molar-refractivity contribution in [2.24, 2.45) is 0 Å². The topological polar surface area (TPSA) is 49.8 Å². The number of ketones is 1. The fraction of sp³-hybridized carbons (Fsp3) is 0.562. The summed E-state index contributed by atoms with van der Waals surface area (Å²) in [4.78, 5) is 14.3. The minimum Gasteiger partial charge on any atom is -0.395 e. The van der Waals surface area contributed by atoms with Crippen molar-refractivity contribution in [2.75, 3.05) is 40.0 Å². The van der Waals surface area contributed by atoms with Gasteiger partial charge in [0.15, 0.2) is 5.78 Å². The molecule has 0 saturated heterocycles. The van der Waals surface area contributed by atoms with Crippen LogP contribution in [0.15, 0.2) is 18.2 Å². The van der Waals surface area contributed by atoms with Crippen LogP contribution in [0.5, 0.6) is 0 Å². The number of methoxy groups -OCH3 is 1. The molecule has 0 aromatic heterocycles. The van der Waals surface area contributed by atoms with Crippen molar-refractivity contribution < 1.29 is 14.6 Å². The van der Waals surface area contributed by atoms with Crippen LogP contribution in [0.4, 0.5) is 0 Å². The average Bonchev–Trinajstić information content (AvgIpc) is 2.92. The van der Waals surface area contributed by atoms with Gasteiger partial charge in [-0.05, 0) is 36.5 Å². The van der Waals surface area contributed by atoms with Crippen LogP contribution in [0, 0.1) is 0 Å². The number of hydrogen-bond donors (Lipinski definition) is 1. The second kappa shape index (κ2) is 7.53. The van der Waals surface area contributed by atoms with Gasteiger partial charge in [-0.25, -0.2) is 0 Å². The van der Waals surface area contributed by atoms with Crippen molar-refractivity contribution >= 4 is 5.78 Å². The fourth-order valence-corrected chi connectivity index (χ4v) is 2.67. The van der Waals surface area contributed by atoms with E-state index in [4.69, 9.17) is 9.84 Å². The first kappa shape index (κ1) is 15.2. The number of nitrogens with zero attached hydrogens (tertiary/aromatic N) is 1. The summed E-state index contributed by atoms with van der Waals surface area (Å²) in [7, 11) is 1.64. The minimum absolute atomic E-state index is 0.0567. The molecule has 0 fully saturated rings. The van der Waals surface area contributed by atoms with E-state index in [-0.39, 0.29) is 12.4 Å². The van der Waals surface area contributed by atoms with E-state index in [1.54, 1.807) is 7.11 Å². The van der Waals surface area contributed by atoms with Gasteiger partial charge in [0.25, 0.3) is 0 Å². The van der Waals surface area contributed by atoms with Crippen LogP contribution in [-0.2, 0) is 17.6 Å².